The van der Waals surface area contributed by atoms with Gasteiger partial charge < -0.3 is 31.1 Å². The maximum atomic E-state index is 13.7. The molecule has 196 valence electrons. The molecule has 0 aliphatic carbocycles. The van der Waals surface area contributed by atoms with E-state index in [2.05, 4.69) is 10.6 Å². The van der Waals surface area contributed by atoms with Crippen LogP contribution in [0.5, 0.6) is 0 Å². The lowest BCUT2D eigenvalue weighted by atomic mass is 9.92. The van der Waals surface area contributed by atoms with Crippen molar-refractivity contribution < 1.29 is 29.0 Å². The van der Waals surface area contributed by atoms with Crippen LogP contribution in [-0.4, -0.2) is 64.2 Å². The van der Waals surface area contributed by atoms with Gasteiger partial charge in [0, 0.05) is 12.1 Å². The van der Waals surface area contributed by atoms with E-state index in [-0.39, 0.29) is 6.54 Å². The summed E-state index contributed by atoms with van der Waals surface area (Å²) < 4.78 is 5.23. The first-order chi connectivity index (χ1) is 16.0. The number of hydrogen-bond acceptors (Lipinski definition) is 6. The third-order valence-corrected chi connectivity index (χ3v) is 4.89. The summed E-state index contributed by atoms with van der Waals surface area (Å²) in [6.07, 6.45) is -1.43. The second-order valence-electron chi connectivity index (χ2n) is 10.6. The Morgan fingerprint density at radius 1 is 1.06 bits per heavy atom. The van der Waals surface area contributed by atoms with Crippen LogP contribution in [0.2, 0.25) is 0 Å². The van der Waals surface area contributed by atoms with Crippen molar-refractivity contribution in [2.75, 3.05) is 13.2 Å². The van der Waals surface area contributed by atoms with Gasteiger partial charge in [-0.15, -0.1) is 0 Å². The SMILES string of the molecule is Cc1cccc(C)c1C(C(=O)NC(C)(C)C)N(CCO)C(=O)C(CC(N)=O)NC(=O)OC(C)(C)C. The summed E-state index contributed by atoms with van der Waals surface area (Å²) in [5.74, 6) is -2.04. The lowest BCUT2D eigenvalue weighted by Crippen LogP contribution is -2.56. The minimum absolute atomic E-state index is 0.222. The number of nitrogens with one attached hydrogen (secondary N) is 2. The summed E-state index contributed by atoms with van der Waals surface area (Å²) in [6, 6.07) is 2.95. The number of aryl methyl sites for hydroxylation is 2. The van der Waals surface area contributed by atoms with Gasteiger partial charge in [-0.1, -0.05) is 18.2 Å². The topological polar surface area (TPSA) is 151 Å². The number of rotatable bonds is 9. The number of nitrogens with zero attached hydrogens (tertiary/aromatic N) is 1. The molecule has 35 heavy (non-hydrogen) atoms. The lowest BCUT2D eigenvalue weighted by Gasteiger charge is -2.36. The molecule has 0 aliphatic heterocycles. The summed E-state index contributed by atoms with van der Waals surface area (Å²) in [5.41, 5.74) is 6.02. The molecule has 1 rings (SSSR count). The molecule has 0 aromatic heterocycles. The monoisotopic (exact) mass is 492 g/mol. The molecule has 0 saturated heterocycles. The molecular weight excluding hydrogens is 452 g/mol. The summed E-state index contributed by atoms with van der Waals surface area (Å²) in [7, 11) is 0. The van der Waals surface area contributed by atoms with Gasteiger partial charge in [-0.25, -0.2) is 4.79 Å². The number of carbonyl (C=O) groups excluding carboxylic acids is 4. The van der Waals surface area contributed by atoms with Gasteiger partial charge in [0.1, 0.15) is 17.7 Å². The van der Waals surface area contributed by atoms with Crippen LogP contribution in [0.25, 0.3) is 0 Å². The van der Waals surface area contributed by atoms with Crippen LogP contribution in [0.3, 0.4) is 0 Å². The zero-order chi connectivity index (χ0) is 27.1. The van der Waals surface area contributed by atoms with Gasteiger partial charge in [0.15, 0.2) is 0 Å². The second kappa shape index (κ2) is 12.0. The quantitative estimate of drug-likeness (QED) is 0.413. The molecule has 0 saturated carbocycles. The predicted octanol–water partition coefficient (Wildman–Crippen LogP) is 1.85. The van der Waals surface area contributed by atoms with Gasteiger partial charge >= 0.3 is 6.09 Å². The standard InChI is InChI=1S/C25H40N4O6/c1-15-10-9-11-16(2)19(15)20(21(32)28-24(3,4)5)29(12-13-30)22(33)17(14-18(26)31)27-23(34)35-25(6,7)8/h9-11,17,20,30H,12-14H2,1-8H3,(H2,26,31)(H,27,34)(H,28,32). The highest BCUT2D eigenvalue weighted by Crippen LogP contribution is 2.29. The average Bonchev–Trinajstić information content (AvgIpc) is 2.65. The van der Waals surface area contributed by atoms with Gasteiger partial charge in [0.05, 0.1) is 13.0 Å². The molecule has 1 aromatic carbocycles. The van der Waals surface area contributed by atoms with E-state index in [0.717, 1.165) is 11.1 Å². The van der Waals surface area contributed by atoms with Crippen LogP contribution in [-0.2, 0) is 19.1 Å². The molecule has 10 heteroatoms. The molecule has 5 N–H and O–H groups in total. The number of amides is 4. The second-order valence-corrected chi connectivity index (χ2v) is 10.6. The molecule has 2 unspecified atom stereocenters. The Kier molecular flexibility index (Phi) is 10.3. The summed E-state index contributed by atoms with van der Waals surface area (Å²) in [6.45, 7) is 13.4. The molecule has 10 nitrogen and oxygen atoms in total. The molecule has 1 aromatic rings. The predicted molar refractivity (Wildman–Crippen MR) is 132 cm³/mol. The van der Waals surface area contributed by atoms with E-state index in [1.165, 1.54) is 4.90 Å². The molecule has 0 bridgehead atoms. The number of alkyl carbamates (subject to hydrolysis) is 1. The number of aliphatic hydroxyl groups excluding tert-OH is 1. The summed E-state index contributed by atoms with van der Waals surface area (Å²) >= 11 is 0. The van der Waals surface area contributed by atoms with Crippen molar-refractivity contribution in [3.05, 3.63) is 34.9 Å². The zero-order valence-corrected chi connectivity index (χ0v) is 22.0. The Hall–Kier alpha value is -3.14. The summed E-state index contributed by atoms with van der Waals surface area (Å²) in [5, 5.41) is 15.1. The van der Waals surface area contributed by atoms with E-state index in [0.29, 0.717) is 5.56 Å². The van der Waals surface area contributed by atoms with Gasteiger partial charge in [0.25, 0.3) is 0 Å². The Balaban J connectivity index is 3.58. The van der Waals surface area contributed by atoms with Crippen molar-refractivity contribution in [2.24, 2.45) is 5.73 Å². The van der Waals surface area contributed by atoms with Gasteiger partial charge in [-0.05, 0) is 72.1 Å². The third kappa shape index (κ3) is 9.56. The van der Waals surface area contributed by atoms with Gasteiger partial charge in [-0.3, -0.25) is 14.4 Å². The fourth-order valence-electron chi connectivity index (χ4n) is 3.65. The number of primary amides is 1. The molecule has 0 heterocycles. The minimum atomic E-state index is -1.40. The Bertz CT molecular complexity index is 913. The van der Waals surface area contributed by atoms with E-state index in [4.69, 9.17) is 10.5 Å². The van der Waals surface area contributed by atoms with Crippen molar-refractivity contribution in [3.8, 4) is 0 Å². The molecule has 2 atom stereocenters. The van der Waals surface area contributed by atoms with Crippen LogP contribution in [0.4, 0.5) is 4.79 Å². The van der Waals surface area contributed by atoms with E-state index in [9.17, 15) is 24.3 Å². The Labute approximate surface area is 207 Å². The number of benzene rings is 1. The number of aliphatic hydroxyl groups is 1. The minimum Gasteiger partial charge on any atom is -0.444 e. The fraction of sp³-hybridized carbons (Fsp3) is 0.600. The highest BCUT2D eigenvalue weighted by atomic mass is 16.6. The van der Waals surface area contributed by atoms with Crippen molar-refractivity contribution in [1.82, 2.24) is 15.5 Å². The normalized spacial score (nSPS) is 13.4. The molecule has 4 amide bonds. The number of hydrogen-bond donors (Lipinski definition) is 4. The lowest BCUT2D eigenvalue weighted by molar-refractivity contribution is -0.144. The van der Waals surface area contributed by atoms with Crippen molar-refractivity contribution >= 4 is 23.8 Å². The smallest absolute Gasteiger partial charge is 0.408 e. The Morgan fingerprint density at radius 3 is 2.03 bits per heavy atom. The zero-order valence-electron chi connectivity index (χ0n) is 22.0. The first-order valence-corrected chi connectivity index (χ1v) is 11.5. The number of ether oxygens (including phenoxy) is 1. The van der Waals surface area contributed by atoms with Crippen molar-refractivity contribution in [2.45, 2.75) is 85.0 Å². The number of nitrogens with two attached hydrogens (primary N) is 1. The van der Waals surface area contributed by atoms with E-state index in [1.54, 1.807) is 20.8 Å². The van der Waals surface area contributed by atoms with Crippen LogP contribution < -0.4 is 16.4 Å². The van der Waals surface area contributed by atoms with E-state index < -0.39 is 60.1 Å². The highest BCUT2D eigenvalue weighted by Gasteiger charge is 2.38. The maximum absolute atomic E-state index is 13.7. The number of carbonyl (C=O) groups is 4. The van der Waals surface area contributed by atoms with Crippen LogP contribution >= 0.6 is 0 Å². The fourth-order valence-corrected chi connectivity index (χ4v) is 3.65. The van der Waals surface area contributed by atoms with Gasteiger partial charge in [0.2, 0.25) is 17.7 Å². The highest BCUT2D eigenvalue weighted by molar-refractivity contribution is 5.95. The average molecular weight is 493 g/mol. The maximum Gasteiger partial charge on any atom is 0.408 e. The van der Waals surface area contributed by atoms with Crippen LogP contribution in [0.15, 0.2) is 18.2 Å². The van der Waals surface area contributed by atoms with Crippen LogP contribution in [0.1, 0.15) is 70.7 Å². The molecular formula is C25H40N4O6. The molecule has 0 fully saturated rings. The van der Waals surface area contributed by atoms with Gasteiger partial charge in [-0.2, -0.15) is 0 Å². The first-order valence-electron chi connectivity index (χ1n) is 11.5. The molecule has 0 aliphatic rings. The largest absolute Gasteiger partial charge is 0.444 e. The van der Waals surface area contributed by atoms with E-state index in [1.807, 2.05) is 52.8 Å². The van der Waals surface area contributed by atoms with Crippen LogP contribution in [0, 0.1) is 13.8 Å². The summed E-state index contributed by atoms with van der Waals surface area (Å²) in [4.78, 5) is 52.6. The van der Waals surface area contributed by atoms with Crippen molar-refractivity contribution in [1.29, 1.82) is 0 Å². The third-order valence-electron chi connectivity index (χ3n) is 4.89. The molecule has 0 spiro atoms. The first kappa shape index (κ1) is 29.9. The van der Waals surface area contributed by atoms with Crippen molar-refractivity contribution in [3.63, 3.8) is 0 Å². The molecule has 0 radical (unpaired) electrons. The Morgan fingerprint density at radius 2 is 1.60 bits per heavy atom. The van der Waals surface area contributed by atoms with E-state index >= 15 is 0 Å².